The minimum absolute atomic E-state index is 0.0674. The first-order valence-electron chi connectivity index (χ1n) is 10.0. The van der Waals surface area contributed by atoms with Gasteiger partial charge in [0.05, 0.1) is 6.04 Å². The number of carbonyl (C=O) groups is 1. The molecule has 5 nitrogen and oxygen atoms in total. The third-order valence-corrected chi connectivity index (χ3v) is 5.76. The molecule has 0 radical (unpaired) electrons. The summed E-state index contributed by atoms with van der Waals surface area (Å²) >= 11 is 0. The van der Waals surface area contributed by atoms with Crippen molar-refractivity contribution >= 4 is 17.4 Å². The minimum atomic E-state index is -4.49. The zero-order chi connectivity index (χ0) is 22.3. The van der Waals surface area contributed by atoms with Gasteiger partial charge in [-0.2, -0.15) is 18.3 Å². The highest BCUT2D eigenvalue weighted by Gasteiger charge is 2.46. The number of benzene rings is 2. The molecule has 4 rings (SSSR count). The molecule has 0 fully saturated rings. The van der Waals surface area contributed by atoms with E-state index in [0.29, 0.717) is 5.69 Å². The van der Waals surface area contributed by atoms with Gasteiger partial charge in [-0.15, -0.1) is 0 Å². The van der Waals surface area contributed by atoms with Crippen LogP contribution in [0.2, 0.25) is 0 Å². The third kappa shape index (κ3) is 4.15. The highest BCUT2D eigenvalue weighted by atomic mass is 19.4. The van der Waals surface area contributed by atoms with Crippen LogP contribution in [0.15, 0.2) is 48.5 Å². The van der Waals surface area contributed by atoms with E-state index in [-0.39, 0.29) is 17.9 Å². The summed E-state index contributed by atoms with van der Waals surface area (Å²) < 4.78 is 42.4. The van der Waals surface area contributed by atoms with Crippen LogP contribution >= 0.6 is 0 Å². The zero-order valence-corrected chi connectivity index (χ0v) is 17.4. The molecule has 1 amide bonds. The van der Waals surface area contributed by atoms with Gasteiger partial charge < -0.3 is 10.6 Å². The molecule has 2 N–H and O–H groups in total. The molecule has 0 saturated heterocycles. The fourth-order valence-corrected chi connectivity index (χ4v) is 3.77. The number of aromatic nitrogens is 2. The molecule has 162 valence electrons. The maximum Gasteiger partial charge on any atom is 0.410 e. The van der Waals surface area contributed by atoms with Crippen LogP contribution in [0.5, 0.6) is 0 Å². The van der Waals surface area contributed by atoms with E-state index in [1.54, 1.807) is 6.07 Å². The number of hydrogen-bond acceptors (Lipinski definition) is 3. The van der Waals surface area contributed by atoms with Crippen LogP contribution in [0, 0.1) is 20.8 Å². The number of fused-ring (bicyclic) bond motifs is 1. The third-order valence-electron chi connectivity index (χ3n) is 5.76. The number of nitrogens with one attached hydrogen (secondary N) is 2. The fourth-order valence-electron chi connectivity index (χ4n) is 3.77. The van der Waals surface area contributed by atoms with Gasteiger partial charge in [0.15, 0.2) is 11.7 Å². The number of hydrogen-bond donors (Lipinski definition) is 2. The number of rotatable bonds is 3. The van der Waals surface area contributed by atoms with Gasteiger partial charge in [-0.05, 0) is 43.5 Å². The van der Waals surface area contributed by atoms with Crippen LogP contribution in [-0.4, -0.2) is 21.9 Å². The largest absolute Gasteiger partial charge is 0.410 e. The van der Waals surface area contributed by atoms with Gasteiger partial charge in [0.2, 0.25) is 0 Å². The molecule has 8 heteroatoms. The lowest BCUT2D eigenvalue weighted by molar-refractivity contribution is -0.173. The van der Waals surface area contributed by atoms with Crippen molar-refractivity contribution in [3.63, 3.8) is 0 Å². The standard InChI is InChI=1S/C23H23F3N4O/c1-13-7-9-16(10-8-13)18-11-20(23(24,25)26)30-21(27-18)12-19(29-30)22(31)28-17-6-4-5-14(2)15(17)3/h4-10,12,18,20,27H,11H2,1-3H3,(H,28,31)/t18-,20-/m0/s1. The summed E-state index contributed by atoms with van der Waals surface area (Å²) in [6, 6.07) is 11.9. The molecule has 3 aromatic rings. The summed E-state index contributed by atoms with van der Waals surface area (Å²) in [7, 11) is 0. The Morgan fingerprint density at radius 1 is 1.13 bits per heavy atom. The number of carbonyl (C=O) groups excluding carboxylic acids is 1. The topological polar surface area (TPSA) is 59.0 Å². The Labute approximate surface area is 178 Å². The predicted molar refractivity (Wildman–Crippen MR) is 113 cm³/mol. The summed E-state index contributed by atoms with van der Waals surface area (Å²) in [6.45, 7) is 5.71. The molecule has 2 heterocycles. The van der Waals surface area contributed by atoms with Crippen molar-refractivity contribution in [1.29, 1.82) is 0 Å². The van der Waals surface area contributed by atoms with Crippen molar-refractivity contribution in [2.75, 3.05) is 10.6 Å². The van der Waals surface area contributed by atoms with Gasteiger partial charge in [-0.3, -0.25) is 4.79 Å². The van der Waals surface area contributed by atoms with E-state index in [0.717, 1.165) is 26.9 Å². The molecule has 2 aromatic carbocycles. The van der Waals surface area contributed by atoms with Crippen LogP contribution in [0.25, 0.3) is 0 Å². The summed E-state index contributed by atoms with van der Waals surface area (Å²) in [4.78, 5) is 12.7. The molecule has 2 atom stereocenters. The van der Waals surface area contributed by atoms with Crippen LogP contribution in [-0.2, 0) is 0 Å². The van der Waals surface area contributed by atoms with Gasteiger partial charge in [0.1, 0.15) is 5.82 Å². The lowest BCUT2D eigenvalue weighted by atomic mass is 9.96. The molecule has 0 unspecified atom stereocenters. The predicted octanol–water partition coefficient (Wildman–Crippen LogP) is 5.72. The molecule has 0 spiro atoms. The zero-order valence-electron chi connectivity index (χ0n) is 17.4. The second-order valence-electron chi connectivity index (χ2n) is 7.96. The number of aryl methyl sites for hydroxylation is 2. The van der Waals surface area contributed by atoms with E-state index in [4.69, 9.17) is 0 Å². The Bertz CT molecular complexity index is 1120. The van der Waals surface area contributed by atoms with Crippen LogP contribution < -0.4 is 10.6 Å². The number of amides is 1. The van der Waals surface area contributed by atoms with E-state index in [1.807, 2.05) is 57.2 Å². The number of nitrogens with zero attached hydrogens (tertiary/aromatic N) is 2. The smallest absolute Gasteiger partial charge is 0.363 e. The molecule has 1 aliphatic heterocycles. The average molecular weight is 428 g/mol. The van der Waals surface area contributed by atoms with Crippen LogP contribution in [0.4, 0.5) is 24.7 Å². The van der Waals surface area contributed by atoms with Gasteiger partial charge in [-0.1, -0.05) is 42.0 Å². The van der Waals surface area contributed by atoms with E-state index in [2.05, 4.69) is 15.7 Å². The highest BCUT2D eigenvalue weighted by Crippen LogP contribution is 2.43. The lowest BCUT2D eigenvalue weighted by Gasteiger charge is -2.33. The lowest BCUT2D eigenvalue weighted by Crippen LogP contribution is -2.35. The van der Waals surface area contributed by atoms with Crippen molar-refractivity contribution in [3.05, 3.63) is 76.5 Å². The minimum Gasteiger partial charge on any atom is -0.363 e. The SMILES string of the molecule is Cc1ccc([C@@H]2C[C@@H](C(F)(F)F)n3nc(C(=O)Nc4cccc(C)c4C)cc3N2)cc1. The van der Waals surface area contributed by atoms with Gasteiger partial charge >= 0.3 is 6.18 Å². The maximum absolute atomic E-state index is 13.8. The second kappa shape index (κ2) is 7.76. The molecule has 31 heavy (non-hydrogen) atoms. The van der Waals surface area contributed by atoms with Crippen molar-refractivity contribution in [3.8, 4) is 0 Å². The van der Waals surface area contributed by atoms with E-state index >= 15 is 0 Å². The summed E-state index contributed by atoms with van der Waals surface area (Å²) in [5.74, 6) is -0.379. The molecular weight excluding hydrogens is 405 g/mol. The number of anilines is 2. The fraction of sp³-hybridized carbons (Fsp3) is 0.304. The summed E-state index contributed by atoms with van der Waals surface area (Å²) in [5, 5.41) is 9.88. The Kier molecular flexibility index (Phi) is 5.24. The molecule has 1 aliphatic rings. The molecule has 1 aromatic heterocycles. The van der Waals surface area contributed by atoms with Crippen molar-refractivity contribution in [1.82, 2.24) is 9.78 Å². The Balaban J connectivity index is 1.65. The molecule has 0 bridgehead atoms. The maximum atomic E-state index is 13.8. The quantitative estimate of drug-likeness (QED) is 0.561. The highest BCUT2D eigenvalue weighted by molar-refractivity contribution is 6.03. The van der Waals surface area contributed by atoms with E-state index in [1.165, 1.54) is 6.07 Å². The normalized spacial score (nSPS) is 18.3. The van der Waals surface area contributed by atoms with Crippen LogP contribution in [0.1, 0.15) is 51.2 Å². The average Bonchev–Trinajstić information content (AvgIpc) is 3.14. The number of halogens is 3. The Hall–Kier alpha value is -3.29. The Morgan fingerprint density at radius 3 is 2.52 bits per heavy atom. The molecular formula is C23H23F3N4O. The second-order valence-corrected chi connectivity index (χ2v) is 7.96. The van der Waals surface area contributed by atoms with Gasteiger partial charge in [0.25, 0.3) is 5.91 Å². The first kappa shape index (κ1) is 21.0. The first-order chi connectivity index (χ1) is 14.6. The van der Waals surface area contributed by atoms with Crippen molar-refractivity contribution in [2.24, 2.45) is 0 Å². The van der Waals surface area contributed by atoms with Gasteiger partial charge in [0, 0.05) is 18.2 Å². The summed E-state index contributed by atoms with van der Waals surface area (Å²) in [6.07, 6.45) is -4.70. The Morgan fingerprint density at radius 2 is 1.84 bits per heavy atom. The van der Waals surface area contributed by atoms with E-state index in [9.17, 15) is 18.0 Å². The van der Waals surface area contributed by atoms with Crippen LogP contribution in [0.3, 0.4) is 0 Å². The number of alkyl halides is 3. The molecule has 0 saturated carbocycles. The first-order valence-corrected chi connectivity index (χ1v) is 10.0. The van der Waals surface area contributed by atoms with Crippen molar-refractivity contribution in [2.45, 2.75) is 45.5 Å². The molecule has 0 aliphatic carbocycles. The van der Waals surface area contributed by atoms with Crippen molar-refractivity contribution < 1.29 is 18.0 Å². The monoisotopic (exact) mass is 428 g/mol. The van der Waals surface area contributed by atoms with Gasteiger partial charge in [-0.25, -0.2) is 4.68 Å². The van der Waals surface area contributed by atoms with E-state index < -0.39 is 24.2 Å². The summed E-state index contributed by atoms with van der Waals surface area (Å²) in [5.41, 5.74) is 4.22.